The van der Waals surface area contributed by atoms with Crippen LogP contribution in [0.25, 0.3) is 22.3 Å². The summed E-state index contributed by atoms with van der Waals surface area (Å²) < 4.78 is 13.5. The molecular weight excluding hydrogens is 540 g/mol. The molecule has 0 bridgehead atoms. The fraction of sp³-hybridized carbons (Fsp3) is 0.276. The van der Waals surface area contributed by atoms with E-state index in [1.54, 1.807) is 34.0 Å². The van der Waals surface area contributed by atoms with Crippen LogP contribution in [0.15, 0.2) is 55.4 Å². The summed E-state index contributed by atoms with van der Waals surface area (Å²) in [6.07, 6.45) is 4.10. The number of piperidine rings is 1. The molecule has 1 unspecified atom stereocenters. The molecule has 216 valence electrons. The zero-order valence-corrected chi connectivity index (χ0v) is 23.2. The van der Waals surface area contributed by atoms with Crippen LogP contribution in [-0.4, -0.2) is 70.7 Å². The second-order valence-corrected chi connectivity index (χ2v) is 10.2. The number of fused-ring (bicyclic) bond motifs is 2. The highest BCUT2D eigenvalue weighted by atomic mass is 16.7. The lowest BCUT2D eigenvalue weighted by molar-refractivity contribution is -0.191. The summed E-state index contributed by atoms with van der Waals surface area (Å²) in [4.78, 5) is 40.9. The predicted molar refractivity (Wildman–Crippen MR) is 156 cm³/mol. The van der Waals surface area contributed by atoms with Gasteiger partial charge in [-0.05, 0) is 49.2 Å². The van der Waals surface area contributed by atoms with Crippen molar-refractivity contribution in [2.24, 2.45) is 0 Å². The van der Waals surface area contributed by atoms with E-state index in [0.717, 1.165) is 24.6 Å². The molecule has 2 aromatic carbocycles. The van der Waals surface area contributed by atoms with Crippen LogP contribution >= 0.6 is 0 Å². The number of aromatic nitrogens is 4. The Morgan fingerprint density at radius 1 is 1.14 bits per heavy atom. The van der Waals surface area contributed by atoms with Crippen LogP contribution in [-0.2, 0) is 9.63 Å². The van der Waals surface area contributed by atoms with Gasteiger partial charge in [-0.1, -0.05) is 6.58 Å². The van der Waals surface area contributed by atoms with Gasteiger partial charge in [0.2, 0.25) is 6.79 Å². The average molecular weight is 571 g/mol. The molecule has 1 atom stereocenters. The summed E-state index contributed by atoms with van der Waals surface area (Å²) in [6.45, 7) is 4.46. The standard InChI is InChI=1S/C29H30N8O5/c1-4-22(38)42-36-13-5-6-19(14-36)37-28-23(27(30)31-15-32-28)24(34-37)20-11-12-21(26-25(20)40-16-41-26)33-29(39)17-7-9-18(10-8-17)35(2)3/h4,7-12,15,19H,1,5-6,13-14,16H2,2-3H3,(H,33,39)(H2,30,31,32). The number of hydrogen-bond acceptors (Lipinski definition) is 11. The molecule has 1 amide bonds. The highest BCUT2D eigenvalue weighted by molar-refractivity contribution is 6.06. The molecule has 0 saturated carbocycles. The van der Waals surface area contributed by atoms with Gasteiger partial charge in [0.25, 0.3) is 5.91 Å². The molecule has 42 heavy (non-hydrogen) atoms. The third-order valence-corrected chi connectivity index (χ3v) is 7.28. The van der Waals surface area contributed by atoms with Crippen LogP contribution in [0, 0.1) is 0 Å². The van der Waals surface area contributed by atoms with Crippen molar-refractivity contribution in [2.75, 3.05) is 49.9 Å². The van der Waals surface area contributed by atoms with Gasteiger partial charge in [-0.25, -0.2) is 19.4 Å². The second-order valence-electron chi connectivity index (χ2n) is 10.2. The Balaban J connectivity index is 1.35. The molecule has 4 aromatic rings. The number of benzene rings is 2. The summed E-state index contributed by atoms with van der Waals surface area (Å²) in [7, 11) is 3.88. The number of amides is 1. The Kier molecular flexibility index (Phi) is 7.08. The van der Waals surface area contributed by atoms with E-state index in [-0.39, 0.29) is 24.6 Å². The zero-order valence-electron chi connectivity index (χ0n) is 23.2. The number of carbonyl (C=O) groups is 2. The van der Waals surface area contributed by atoms with Gasteiger partial charge in [0, 0.05) is 43.5 Å². The Morgan fingerprint density at radius 2 is 1.93 bits per heavy atom. The minimum Gasteiger partial charge on any atom is -0.453 e. The molecule has 6 rings (SSSR count). The SMILES string of the molecule is C=CC(=O)ON1CCCC(n2nc(-c3ccc(NC(=O)c4ccc(N(C)C)cc4)c4c3OCO4)c3c(N)ncnc32)C1. The molecule has 13 heteroatoms. The first-order chi connectivity index (χ1) is 20.3. The van der Waals surface area contributed by atoms with Crippen LogP contribution in [0.1, 0.15) is 29.2 Å². The number of carbonyl (C=O) groups excluding carboxylic acids is 2. The maximum absolute atomic E-state index is 13.1. The number of nitrogens with one attached hydrogen (secondary N) is 1. The van der Waals surface area contributed by atoms with Crippen molar-refractivity contribution in [1.29, 1.82) is 0 Å². The van der Waals surface area contributed by atoms with Gasteiger partial charge in [-0.2, -0.15) is 5.10 Å². The highest BCUT2D eigenvalue weighted by Crippen LogP contribution is 2.48. The molecule has 0 aliphatic carbocycles. The molecule has 3 N–H and O–H groups in total. The van der Waals surface area contributed by atoms with Gasteiger partial charge in [0.1, 0.15) is 17.8 Å². The number of anilines is 3. The van der Waals surface area contributed by atoms with Gasteiger partial charge in [-0.15, -0.1) is 5.06 Å². The van der Waals surface area contributed by atoms with E-state index >= 15 is 0 Å². The molecule has 4 heterocycles. The molecule has 0 radical (unpaired) electrons. The fourth-order valence-electron chi connectivity index (χ4n) is 5.19. The van der Waals surface area contributed by atoms with Crippen molar-refractivity contribution >= 4 is 40.1 Å². The van der Waals surface area contributed by atoms with Crippen molar-refractivity contribution in [1.82, 2.24) is 24.8 Å². The average Bonchev–Trinajstić information content (AvgIpc) is 3.64. The highest BCUT2D eigenvalue weighted by Gasteiger charge is 2.31. The van der Waals surface area contributed by atoms with E-state index in [2.05, 4.69) is 21.9 Å². The smallest absolute Gasteiger partial charge is 0.349 e. The van der Waals surface area contributed by atoms with Crippen molar-refractivity contribution in [3.05, 3.63) is 60.9 Å². The first kappa shape index (κ1) is 27.0. The number of nitrogens with two attached hydrogens (primary N) is 1. The quantitative estimate of drug-likeness (QED) is 0.315. The molecule has 0 spiro atoms. The minimum atomic E-state index is -0.515. The molecule has 2 aliphatic heterocycles. The first-order valence-electron chi connectivity index (χ1n) is 13.4. The third kappa shape index (κ3) is 4.94. The normalized spacial score (nSPS) is 16.3. The van der Waals surface area contributed by atoms with Gasteiger partial charge < -0.3 is 30.3 Å². The second kappa shape index (κ2) is 11.0. The summed E-state index contributed by atoms with van der Waals surface area (Å²) in [5.74, 6) is 0.286. The maximum atomic E-state index is 13.1. The lowest BCUT2D eigenvalue weighted by Crippen LogP contribution is -2.38. The molecule has 2 aliphatic rings. The fourth-order valence-corrected chi connectivity index (χ4v) is 5.19. The Morgan fingerprint density at radius 3 is 2.69 bits per heavy atom. The van der Waals surface area contributed by atoms with E-state index in [0.29, 0.717) is 58.1 Å². The maximum Gasteiger partial charge on any atom is 0.349 e. The summed E-state index contributed by atoms with van der Waals surface area (Å²) in [5.41, 5.74) is 10.00. The number of ether oxygens (including phenoxy) is 2. The van der Waals surface area contributed by atoms with E-state index in [9.17, 15) is 9.59 Å². The van der Waals surface area contributed by atoms with E-state index in [4.69, 9.17) is 25.1 Å². The van der Waals surface area contributed by atoms with E-state index < -0.39 is 5.97 Å². The largest absolute Gasteiger partial charge is 0.453 e. The predicted octanol–water partition coefficient (Wildman–Crippen LogP) is 3.40. The van der Waals surface area contributed by atoms with Crippen LogP contribution in [0.5, 0.6) is 11.5 Å². The lowest BCUT2D eigenvalue weighted by Gasteiger charge is -2.31. The van der Waals surface area contributed by atoms with Crippen LogP contribution < -0.4 is 25.4 Å². The van der Waals surface area contributed by atoms with E-state index in [1.807, 2.05) is 31.1 Å². The number of nitrogen functional groups attached to an aromatic ring is 1. The van der Waals surface area contributed by atoms with Crippen LogP contribution in [0.3, 0.4) is 0 Å². The molecule has 1 saturated heterocycles. The molecule has 13 nitrogen and oxygen atoms in total. The third-order valence-electron chi connectivity index (χ3n) is 7.28. The Bertz CT molecular complexity index is 1680. The monoisotopic (exact) mass is 570 g/mol. The van der Waals surface area contributed by atoms with Gasteiger partial charge in [-0.3, -0.25) is 4.79 Å². The molecule has 1 fully saturated rings. The van der Waals surface area contributed by atoms with Crippen LogP contribution in [0.2, 0.25) is 0 Å². The van der Waals surface area contributed by atoms with Crippen molar-refractivity contribution in [2.45, 2.75) is 18.9 Å². The number of hydroxylamine groups is 2. The number of rotatable bonds is 7. The van der Waals surface area contributed by atoms with Crippen molar-refractivity contribution in [3.8, 4) is 22.8 Å². The van der Waals surface area contributed by atoms with Gasteiger partial charge in [0.05, 0.1) is 23.7 Å². The summed E-state index contributed by atoms with van der Waals surface area (Å²) in [5, 5.41) is 10.0. The Hall–Kier alpha value is -5.17. The van der Waals surface area contributed by atoms with Gasteiger partial charge in [0.15, 0.2) is 17.1 Å². The number of nitrogens with zero attached hydrogens (tertiary/aromatic N) is 6. The first-order valence-corrected chi connectivity index (χ1v) is 13.4. The Labute approximate surface area is 241 Å². The summed E-state index contributed by atoms with van der Waals surface area (Å²) in [6, 6.07) is 10.7. The lowest BCUT2D eigenvalue weighted by atomic mass is 10.1. The topological polar surface area (TPSA) is 150 Å². The summed E-state index contributed by atoms with van der Waals surface area (Å²) >= 11 is 0. The molecular formula is C29H30N8O5. The van der Waals surface area contributed by atoms with Gasteiger partial charge >= 0.3 is 5.97 Å². The minimum absolute atomic E-state index is 0.0242. The van der Waals surface area contributed by atoms with E-state index in [1.165, 1.54) is 6.33 Å². The van der Waals surface area contributed by atoms with Crippen molar-refractivity contribution < 1.29 is 23.9 Å². The molecule has 2 aromatic heterocycles. The zero-order chi connectivity index (χ0) is 29.4. The van der Waals surface area contributed by atoms with Crippen LogP contribution in [0.4, 0.5) is 17.2 Å². The van der Waals surface area contributed by atoms with Crippen molar-refractivity contribution in [3.63, 3.8) is 0 Å². The number of hydrogen-bond donors (Lipinski definition) is 2.